The van der Waals surface area contributed by atoms with E-state index < -0.39 is 5.91 Å². The van der Waals surface area contributed by atoms with E-state index in [-0.39, 0.29) is 11.6 Å². The molecule has 1 heterocycles. The molecule has 0 aliphatic carbocycles. The number of hydrogen-bond acceptors (Lipinski definition) is 3. The molecule has 23 heavy (non-hydrogen) atoms. The Kier molecular flexibility index (Phi) is 4.25. The highest BCUT2D eigenvalue weighted by molar-refractivity contribution is 9.10. The van der Waals surface area contributed by atoms with E-state index in [1.807, 2.05) is 19.1 Å². The van der Waals surface area contributed by atoms with Gasteiger partial charge in [0.25, 0.3) is 5.91 Å². The van der Waals surface area contributed by atoms with Crippen LogP contribution in [-0.4, -0.2) is 11.1 Å². The van der Waals surface area contributed by atoms with Gasteiger partial charge in [-0.15, -0.1) is 0 Å². The molecule has 1 amide bonds. The van der Waals surface area contributed by atoms with Crippen molar-refractivity contribution in [2.24, 2.45) is 0 Å². The Hall–Kier alpha value is -2.47. The van der Waals surface area contributed by atoms with Crippen LogP contribution in [0, 0.1) is 12.7 Å². The third kappa shape index (κ3) is 3.48. The van der Waals surface area contributed by atoms with Crippen molar-refractivity contribution in [2.75, 3.05) is 5.32 Å². The highest BCUT2D eigenvalue weighted by Crippen LogP contribution is 2.23. The van der Waals surface area contributed by atoms with Crippen LogP contribution in [0.15, 0.2) is 57.5 Å². The quantitative estimate of drug-likeness (QED) is 0.715. The molecule has 6 heteroatoms. The van der Waals surface area contributed by atoms with E-state index in [1.54, 1.807) is 18.2 Å². The van der Waals surface area contributed by atoms with Crippen LogP contribution >= 0.6 is 15.9 Å². The number of carbonyl (C=O) groups excluding carboxylic acids is 1. The number of carbonyl (C=O) groups is 1. The summed E-state index contributed by atoms with van der Waals surface area (Å²) in [6.45, 7) is 1.89. The Bertz CT molecular complexity index is 877. The number of benzene rings is 2. The summed E-state index contributed by atoms with van der Waals surface area (Å²) in [6.07, 6.45) is 0. The van der Waals surface area contributed by atoms with Crippen molar-refractivity contribution < 1.29 is 13.7 Å². The van der Waals surface area contributed by atoms with Crippen LogP contribution in [0.25, 0.3) is 11.3 Å². The Labute approximate surface area is 140 Å². The third-order valence-electron chi connectivity index (χ3n) is 3.29. The standard InChI is InChI=1S/C17H12BrFN2O2/c1-10-7-12(18)5-6-14(10)20-17(22)16-9-15(21-23-16)11-3-2-4-13(19)8-11/h2-9H,1H3,(H,20,22). The van der Waals surface area contributed by atoms with Gasteiger partial charge in [-0.25, -0.2) is 4.39 Å². The van der Waals surface area contributed by atoms with Gasteiger partial charge in [-0.3, -0.25) is 4.79 Å². The maximum Gasteiger partial charge on any atom is 0.294 e. The summed E-state index contributed by atoms with van der Waals surface area (Å²) in [7, 11) is 0. The molecule has 116 valence electrons. The summed E-state index contributed by atoms with van der Waals surface area (Å²) < 4.78 is 19.2. The Morgan fingerprint density at radius 2 is 2.04 bits per heavy atom. The van der Waals surface area contributed by atoms with Gasteiger partial charge in [-0.2, -0.15) is 0 Å². The number of hydrogen-bond donors (Lipinski definition) is 1. The second-order valence-electron chi connectivity index (χ2n) is 5.00. The molecule has 0 unspecified atom stereocenters. The fourth-order valence-corrected chi connectivity index (χ4v) is 2.59. The number of aryl methyl sites for hydroxylation is 1. The topological polar surface area (TPSA) is 55.1 Å². The molecule has 0 aliphatic rings. The Morgan fingerprint density at radius 1 is 1.22 bits per heavy atom. The van der Waals surface area contributed by atoms with E-state index in [9.17, 15) is 9.18 Å². The molecular formula is C17H12BrFN2O2. The summed E-state index contributed by atoms with van der Waals surface area (Å²) in [6, 6.07) is 13.0. The summed E-state index contributed by atoms with van der Waals surface area (Å²) in [5.74, 6) is -0.723. The lowest BCUT2D eigenvalue weighted by Crippen LogP contribution is -2.11. The Morgan fingerprint density at radius 3 is 2.78 bits per heavy atom. The molecule has 2 aromatic carbocycles. The van der Waals surface area contributed by atoms with E-state index in [0.29, 0.717) is 16.9 Å². The average Bonchev–Trinajstić information content (AvgIpc) is 3.00. The van der Waals surface area contributed by atoms with Gasteiger partial charge in [0, 0.05) is 21.8 Å². The van der Waals surface area contributed by atoms with Gasteiger partial charge in [0.1, 0.15) is 11.5 Å². The van der Waals surface area contributed by atoms with Gasteiger partial charge in [-0.1, -0.05) is 33.2 Å². The molecule has 3 aromatic rings. The van der Waals surface area contributed by atoms with Gasteiger partial charge in [-0.05, 0) is 42.8 Å². The van der Waals surface area contributed by atoms with Gasteiger partial charge in [0.2, 0.25) is 5.76 Å². The summed E-state index contributed by atoms with van der Waals surface area (Å²) in [5.41, 5.74) is 2.55. The van der Waals surface area contributed by atoms with Crippen molar-refractivity contribution in [1.29, 1.82) is 0 Å². The molecule has 0 saturated carbocycles. The molecule has 1 aromatic heterocycles. The maximum atomic E-state index is 13.2. The van der Waals surface area contributed by atoms with E-state index >= 15 is 0 Å². The molecule has 3 rings (SSSR count). The van der Waals surface area contributed by atoms with E-state index in [2.05, 4.69) is 26.4 Å². The first-order valence-corrected chi connectivity index (χ1v) is 7.62. The second-order valence-corrected chi connectivity index (χ2v) is 5.92. The number of nitrogens with one attached hydrogen (secondary N) is 1. The van der Waals surface area contributed by atoms with Crippen LogP contribution in [-0.2, 0) is 0 Å². The lowest BCUT2D eigenvalue weighted by molar-refractivity contribution is 0.0988. The first-order valence-electron chi connectivity index (χ1n) is 6.83. The van der Waals surface area contributed by atoms with Crippen molar-refractivity contribution in [3.05, 3.63) is 70.1 Å². The number of anilines is 1. The van der Waals surface area contributed by atoms with Crippen molar-refractivity contribution in [3.63, 3.8) is 0 Å². The maximum absolute atomic E-state index is 13.2. The summed E-state index contributed by atoms with van der Waals surface area (Å²) >= 11 is 3.37. The molecule has 0 spiro atoms. The lowest BCUT2D eigenvalue weighted by atomic mass is 10.1. The van der Waals surface area contributed by atoms with Crippen LogP contribution in [0.2, 0.25) is 0 Å². The molecule has 1 N–H and O–H groups in total. The predicted molar refractivity (Wildman–Crippen MR) is 88.7 cm³/mol. The highest BCUT2D eigenvalue weighted by atomic mass is 79.9. The van der Waals surface area contributed by atoms with Crippen LogP contribution in [0.5, 0.6) is 0 Å². The molecular weight excluding hydrogens is 363 g/mol. The van der Waals surface area contributed by atoms with Gasteiger partial charge in [0.15, 0.2) is 0 Å². The first kappa shape index (κ1) is 15.4. The summed E-state index contributed by atoms with van der Waals surface area (Å²) in [5, 5.41) is 6.58. The fraction of sp³-hybridized carbons (Fsp3) is 0.0588. The monoisotopic (exact) mass is 374 g/mol. The van der Waals surface area contributed by atoms with Crippen molar-refractivity contribution >= 4 is 27.5 Å². The first-order chi connectivity index (χ1) is 11.0. The largest absolute Gasteiger partial charge is 0.350 e. The van der Waals surface area contributed by atoms with E-state index in [1.165, 1.54) is 18.2 Å². The minimum absolute atomic E-state index is 0.0616. The van der Waals surface area contributed by atoms with Crippen LogP contribution in [0.1, 0.15) is 16.1 Å². The zero-order chi connectivity index (χ0) is 16.4. The van der Waals surface area contributed by atoms with Gasteiger partial charge < -0.3 is 9.84 Å². The van der Waals surface area contributed by atoms with Gasteiger partial charge in [0.05, 0.1) is 0 Å². The molecule has 0 radical (unpaired) electrons. The summed E-state index contributed by atoms with van der Waals surface area (Å²) in [4.78, 5) is 12.2. The fourth-order valence-electron chi connectivity index (χ4n) is 2.12. The van der Waals surface area contributed by atoms with Crippen LogP contribution < -0.4 is 5.32 Å². The van der Waals surface area contributed by atoms with E-state index in [4.69, 9.17) is 4.52 Å². The van der Waals surface area contributed by atoms with Crippen LogP contribution in [0.4, 0.5) is 10.1 Å². The number of aromatic nitrogens is 1. The molecule has 0 fully saturated rings. The molecule has 0 bridgehead atoms. The average molecular weight is 375 g/mol. The zero-order valence-corrected chi connectivity index (χ0v) is 13.7. The second kappa shape index (κ2) is 6.34. The lowest BCUT2D eigenvalue weighted by Gasteiger charge is -2.06. The minimum Gasteiger partial charge on any atom is -0.350 e. The number of halogens is 2. The SMILES string of the molecule is Cc1cc(Br)ccc1NC(=O)c1cc(-c2cccc(F)c2)no1. The van der Waals surface area contributed by atoms with Crippen molar-refractivity contribution in [3.8, 4) is 11.3 Å². The van der Waals surface area contributed by atoms with Crippen molar-refractivity contribution in [2.45, 2.75) is 6.92 Å². The number of rotatable bonds is 3. The number of amides is 1. The molecule has 0 saturated heterocycles. The van der Waals surface area contributed by atoms with E-state index in [0.717, 1.165) is 10.0 Å². The van der Waals surface area contributed by atoms with Crippen LogP contribution in [0.3, 0.4) is 0 Å². The smallest absolute Gasteiger partial charge is 0.294 e. The van der Waals surface area contributed by atoms with Gasteiger partial charge >= 0.3 is 0 Å². The highest BCUT2D eigenvalue weighted by Gasteiger charge is 2.15. The zero-order valence-electron chi connectivity index (χ0n) is 12.1. The minimum atomic E-state index is -0.412. The molecule has 0 aliphatic heterocycles. The number of nitrogens with zero attached hydrogens (tertiary/aromatic N) is 1. The molecule has 4 nitrogen and oxygen atoms in total. The van der Waals surface area contributed by atoms with Crippen molar-refractivity contribution in [1.82, 2.24) is 5.16 Å². The third-order valence-corrected chi connectivity index (χ3v) is 3.78. The molecule has 0 atom stereocenters. The predicted octanol–water partition coefficient (Wildman–Crippen LogP) is 4.80. The Balaban J connectivity index is 1.81. The normalized spacial score (nSPS) is 10.6.